The number of carbonyl (C=O) groups excluding carboxylic acids is 3. The van der Waals surface area contributed by atoms with Gasteiger partial charge in [-0.15, -0.1) is 16.4 Å². The molecule has 0 saturated carbocycles. The maximum atomic E-state index is 13.3. The van der Waals surface area contributed by atoms with E-state index < -0.39 is 11.6 Å². The zero-order valence-electron chi connectivity index (χ0n) is 24.3. The van der Waals surface area contributed by atoms with Crippen LogP contribution in [0, 0.1) is 0 Å². The fraction of sp³-hybridized carbons (Fsp3) is 0.375. The first-order chi connectivity index (χ1) is 20.2. The molecule has 2 N–H and O–H groups in total. The van der Waals surface area contributed by atoms with Crippen molar-refractivity contribution < 1.29 is 19.1 Å². The average Bonchev–Trinajstić information content (AvgIpc) is 3.58. The number of aromatic nitrogens is 2. The third kappa shape index (κ3) is 6.71. The molecule has 0 bridgehead atoms. The van der Waals surface area contributed by atoms with Gasteiger partial charge in [0.05, 0.1) is 22.4 Å². The van der Waals surface area contributed by atoms with Crippen LogP contribution in [0.4, 0.5) is 10.6 Å². The van der Waals surface area contributed by atoms with Gasteiger partial charge in [-0.05, 0) is 75.5 Å². The van der Waals surface area contributed by atoms with Crippen molar-refractivity contribution in [2.24, 2.45) is 0 Å². The Balaban J connectivity index is 1.37. The summed E-state index contributed by atoms with van der Waals surface area (Å²) in [6.45, 7) is 9.07. The summed E-state index contributed by atoms with van der Waals surface area (Å²) in [7, 11) is 0. The Morgan fingerprint density at radius 2 is 1.69 bits per heavy atom. The highest BCUT2D eigenvalue weighted by atomic mass is 32.1. The lowest BCUT2D eigenvalue weighted by Gasteiger charge is -2.26. The van der Waals surface area contributed by atoms with Gasteiger partial charge < -0.3 is 15.4 Å². The van der Waals surface area contributed by atoms with Crippen molar-refractivity contribution in [2.75, 3.05) is 25.0 Å². The molecule has 0 radical (unpaired) electrons. The Morgan fingerprint density at radius 3 is 2.38 bits per heavy atom. The molecule has 42 heavy (non-hydrogen) atoms. The lowest BCUT2D eigenvalue weighted by molar-refractivity contribution is 0.0915. The van der Waals surface area contributed by atoms with Crippen molar-refractivity contribution in [3.05, 3.63) is 82.2 Å². The number of benzene rings is 2. The van der Waals surface area contributed by atoms with Gasteiger partial charge in [0.2, 0.25) is 0 Å². The molecule has 9 nitrogen and oxygen atoms in total. The summed E-state index contributed by atoms with van der Waals surface area (Å²) in [6, 6.07) is 18.9. The lowest BCUT2D eigenvalue weighted by atomic mass is 9.94. The molecule has 5 rings (SSSR count). The number of fused-ring (bicyclic) bond motifs is 1. The highest BCUT2D eigenvalue weighted by Crippen LogP contribution is 2.33. The van der Waals surface area contributed by atoms with E-state index in [-0.39, 0.29) is 24.2 Å². The second kappa shape index (κ2) is 12.9. The van der Waals surface area contributed by atoms with Crippen LogP contribution in [0.1, 0.15) is 77.6 Å². The fourth-order valence-corrected chi connectivity index (χ4v) is 6.07. The SMILES string of the molecule is CCCOC(=O)n1nc(NC(=O)c2ccc(CN3CCCCC3)cc2)c2cc(C(=O)NC(C)(C)c3ccccc3)sc21. The number of piperidine rings is 1. The normalized spacial score (nSPS) is 14.1. The van der Waals surface area contributed by atoms with Gasteiger partial charge in [0, 0.05) is 12.1 Å². The Hall–Kier alpha value is -4.02. The third-order valence-electron chi connectivity index (χ3n) is 7.41. The third-order valence-corrected chi connectivity index (χ3v) is 8.52. The van der Waals surface area contributed by atoms with Crippen LogP contribution >= 0.6 is 11.3 Å². The zero-order chi connectivity index (χ0) is 29.7. The predicted molar refractivity (Wildman–Crippen MR) is 165 cm³/mol. The molecule has 4 aromatic rings. The predicted octanol–water partition coefficient (Wildman–Crippen LogP) is 6.40. The molecule has 0 aliphatic carbocycles. The number of hydrogen-bond acceptors (Lipinski definition) is 7. The summed E-state index contributed by atoms with van der Waals surface area (Å²) in [5, 5.41) is 10.8. The first kappa shape index (κ1) is 29.5. The molecule has 2 aromatic heterocycles. The monoisotopic (exact) mass is 587 g/mol. The molecule has 3 heterocycles. The smallest absolute Gasteiger partial charge is 0.436 e. The standard InChI is InChI=1S/C32H37N5O4S/c1-4-19-41-31(40)37-30-25(20-26(42-30)29(39)34-32(2,3)24-11-7-5-8-12-24)27(35-37)33-28(38)23-15-13-22(14-16-23)21-36-17-9-6-10-18-36/h5,7-8,11-16,20H,4,6,9-10,17-19,21H2,1-3H3,(H,34,39)(H,33,35,38). The van der Waals surface area contributed by atoms with E-state index in [0.29, 0.717) is 27.1 Å². The molecular formula is C32H37N5O4S. The van der Waals surface area contributed by atoms with E-state index in [1.54, 1.807) is 18.2 Å². The number of nitrogens with zero attached hydrogens (tertiary/aromatic N) is 3. The molecule has 1 aliphatic heterocycles. The van der Waals surface area contributed by atoms with Crippen molar-refractivity contribution in [1.82, 2.24) is 20.0 Å². The van der Waals surface area contributed by atoms with Crippen molar-refractivity contribution in [3.8, 4) is 0 Å². The molecule has 220 valence electrons. The van der Waals surface area contributed by atoms with Gasteiger partial charge in [-0.1, -0.05) is 55.8 Å². The van der Waals surface area contributed by atoms with Crippen LogP contribution < -0.4 is 10.6 Å². The van der Waals surface area contributed by atoms with Gasteiger partial charge in [-0.25, -0.2) is 4.79 Å². The number of thiophene rings is 1. The maximum absolute atomic E-state index is 13.3. The van der Waals surface area contributed by atoms with Crippen LogP contribution in [0.3, 0.4) is 0 Å². The molecule has 1 fully saturated rings. The van der Waals surface area contributed by atoms with Gasteiger partial charge in [0.15, 0.2) is 5.82 Å². The van der Waals surface area contributed by atoms with Gasteiger partial charge in [0.1, 0.15) is 4.83 Å². The highest BCUT2D eigenvalue weighted by Gasteiger charge is 2.27. The minimum absolute atomic E-state index is 0.193. The van der Waals surface area contributed by atoms with Crippen LogP contribution in [0.25, 0.3) is 10.2 Å². The minimum Gasteiger partial charge on any atom is -0.448 e. The average molecular weight is 588 g/mol. The molecule has 0 unspecified atom stereocenters. The van der Waals surface area contributed by atoms with Crippen LogP contribution in [0.15, 0.2) is 60.7 Å². The van der Waals surface area contributed by atoms with Crippen molar-refractivity contribution >= 4 is 45.3 Å². The van der Waals surface area contributed by atoms with Crippen LogP contribution in [0.2, 0.25) is 0 Å². The van der Waals surface area contributed by atoms with E-state index in [9.17, 15) is 14.4 Å². The van der Waals surface area contributed by atoms with Crippen LogP contribution in [-0.2, 0) is 16.8 Å². The second-order valence-electron chi connectivity index (χ2n) is 11.1. The Bertz CT molecular complexity index is 1550. The van der Waals surface area contributed by atoms with Crippen LogP contribution in [-0.4, -0.2) is 52.3 Å². The molecule has 0 atom stereocenters. The fourth-order valence-electron chi connectivity index (χ4n) is 5.08. The summed E-state index contributed by atoms with van der Waals surface area (Å²) >= 11 is 1.12. The number of ether oxygens (including phenoxy) is 1. The van der Waals surface area contributed by atoms with E-state index in [1.807, 2.05) is 63.2 Å². The molecular weight excluding hydrogens is 550 g/mol. The Kier molecular flexibility index (Phi) is 9.03. The van der Waals surface area contributed by atoms with E-state index >= 15 is 0 Å². The van der Waals surface area contributed by atoms with Gasteiger partial charge in [-0.3, -0.25) is 14.5 Å². The molecule has 1 aliphatic rings. The van der Waals surface area contributed by atoms with Crippen molar-refractivity contribution in [2.45, 2.75) is 58.5 Å². The summed E-state index contributed by atoms with van der Waals surface area (Å²) in [4.78, 5) is 42.7. The van der Waals surface area contributed by atoms with E-state index in [1.165, 1.54) is 19.3 Å². The van der Waals surface area contributed by atoms with E-state index in [4.69, 9.17) is 4.74 Å². The number of amides is 2. The number of nitrogens with one attached hydrogen (secondary N) is 2. The van der Waals surface area contributed by atoms with Crippen molar-refractivity contribution in [3.63, 3.8) is 0 Å². The minimum atomic E-state index is -0.664. The van der Waals surface area contributed by atoms with Gasteiger partial charge >= 0.3 is 6.09 Å². The second-order valence-corrected chi connectivity index (χ2v) is 12.2. The molecule has 10 heteroatoms. The number of rotatable bonds is 9. The maximum Gasteiger partial charge on any atom is 0.436 e. The Labute approximate surface area is 249 Å². The summed E-state index contributed by atoms with van der Waals surface area (Å²) < 4.78 is 6.44. The highest BCUT2D eigenvalue weighted by molar-refractivity contribution is 7.20. The number of carbonyl (C=O) groups is 3. The molecule has 2 amide bonds. The first-order valence-electron chi connectivity index (χ1n) is 14.5. The van der Waals surface area contributed by atoms with Crippen LogP contribution in [0.5, 0.6) is 0 Å². The molecule has 2 aromatic carbocycles. The van der Waals surface area contributed by atoms with Gasteiger partial charge in [-0.2, -0.15) is 4.68 Å². The summed E-state index contributed by atoms with van der Waals surface area (Å²) in [6.07, 6.45) is 3.73. The van der Waals surface area contributed by atoms with E-state index in [2.05, 4.69) is 20.6 Å². The quantitative estimate of drug-likeness (QED) is 0.235. The lowest BCUT2D eigenvalue weighted by Crippen LogP contribution is -2.40. The number of anilines is 1. The summed E-state index contributed by atoms with van der Waals surface area (Å²) in [5.74, 6) is -0.450. The number of likely N-dealkylation sites (tertiary alicyclic amines) is 1. The van der Waals surface area contributed by atoms with Crippen molar-refractivity contribution in [1.29, 1.82) is 0 Å². The zero-order valence-corrected chi connectivity index (χ0v) is 25.1. The number of hydrogen-bond donors (Lipinski definition) is 2. The largest absolute Gasteiger partial charge is 0.448 e. The topological polar surface area (TPSA) is 106 Å². The first-order valence-corrected chi connectivity index (χ1v) is 15.3. The molecule has 1 saturated heterocycles. The van der Waals surface area contributed by atoms with Gasteiger partial charge in [0.25, 0.3) is 11.8 Å². The van der Waals surface area contributed by atoms with E-state index in [0.717, 1.165) is 46.8 Å². The summed E-state index contributed by atoms with van der Waals surface area (Å²) in [5.41, 5.74) is 1.97. The Morgan fingerprint density at radius 1 is 0.976 bits per heavy atom. The molecule has 0 spiro atoms.